The fraction of sp³-hybridized carbons (Fsp3) is 0.222. The van der Waals surface area contributed by atoms with Gasteiger partial charge in [-0.3, -0.25) is 19.5 Å². The van der Waals surface area contributed by atoms with Crippen LogP contribution < -0.4 is 0 Å². The number of methoxy groups -OCH3 is 1. The first kappa shape index (κ1) is 18.6. The standard InChI is InChI=1S/C18H13F3N2O4/c1-27-17(26)13(8-10-6-7-22-14(9-10)18(19,20)21)23-15(24)11-4-2-3-5-12(11)16(23)25/h2-7,9,13H,8H2,1H3/t13-/m0/s1. The predicted octanol–water partition coefficient (Wildman–Crippen LogP) is 2.48. The summed E-state index contributed by atoms with van der Waals surface area (Å²) in [4.78, 5) is 41.4. The molecule has 0 spiro atoms. The van der Waals surface area contributed by atoms with Gasteiger partial charge in [0.25, 0.3) is 11.8 Å². The summed E-state index contributed by atoms with van der Waals surface area (Å²) in [5, 5.41) is 0. The highest BCUT2D eigenvalue weighted by Crippen LogP contribution is 2.29. The van der Waals surface area contributed by atoms with Gasteiger partial charge in [-0.05, 0) is 29.8 Å². The van der Waals surface area contributed by atoms with Gasteiger partial charge in [-0.15, -0.1) is 0 Å². The highest BCUT2D eigenvalue weighted by atomic mass is 19.4. The molecule has 0 fully saturated rings. The van der Waals surface area contributed by atoms with Crippen molar-refractivity contribution < 1.29 is 32.3 Å². The number of ether oxygens (including phenoxy) is 1. The van der Waals surface area contributed by atoms with Crippen LogP contribution in [0.15, 0.2) is 42.6 Å². The number of nitrogens with zero attached hydrogens (tertiary/aromatic N) is 2. The van der Waals surface area contributed by atoms with Gasteiger partial charge in [0.1, 0.15) is 11.7 Å². The summed E-state index contributed by atoms with van der Waals surface area (Å²) in [5.74, 6) is -2.30. The summed E-state index contributed by atoms with van der Waals surface area (Å²) in [6, 6.07) is 6.68. The van der Waals surface area contributed by atoms with E-state index < -0.39 is 35.7 Å². The molecule has 2 amide bonds. The third-order valence-corrected chi connectivity index (χ3v) is 4.15. The summed E-state index contributed by atoms with van der Waals surface area (Å²) in [5.41, 5.74) is -0.792. The van der Waals surface area contributed by atoms with E-state index in [4.69, 9.17) is 0 Å². The molecule has 1 aliphatic heterocycles. The summed E-state index contributed by atoms with van der Waals surface area (Å²) in [6.45, 7) is 0. The second-order valence-electron chi connectivity index (χ2n) is 5.82. The molecular formula is C18H13F3N2O4. The summed E-state index contributed by atoms with van der Waals surface area (Å²) in [7, 11) is 1.07. The number of pyridine rings is 1. The Kier molecular flexibility index (Phi) is 4.69. The van der Waals surface area contributed by atoms with E-state index in [9.17, 15) is 27.6 Å². The van der Waals surface area contributed by atoms with Crippen LogP contribution in [-0.2, 0) is 22.1 Å². The average molecular weight is 378 g/mol. The average Bonchev–Trinajstić information content (AvgIpc) is 2.90. The smallest absolute Gasteiger partial charge is 0.433 e. The number of esters is 1. The van der Waals surface area contributed by atoms with Crippen LogP contribution in [0, 0.1) is 0 Å². The van der Waals surface area contributed by atoms with Crippen LogP contribution in [0.3, 0.4) is 0 Å². The normalized spacial score (nSPS) is 14.9. The molecule has 0 saturated heterocycles. The number of carbonyl (C=O) groups is 3. The summed E-state index contributed by atoms with van der Waals surface area (Å²) < 4.78 is 43.3. The number of halogens is 3. The number of hydrogen-bond donors (Lipinski definition) is 0. The lowest BCUT2D eigenvalue weighted by Gasteiger charge is -2.24. The van der Waals surface area contributed by atoms with E-state index in [1.54, 1.807) is 12.1 Å². The lowest BCUT2D eigenvalue weighted by Crippen LogP contribution is -2.46. The molecule has 0 aliphatic carbocycles. The molecule has 2 aromatic rings. The van der Waals surface area contributed by atoms with Crippen molar-refractivity contribution in [1.29, 1.82) is 0 Å². The van der Waals surface area contributed by atoms with Crippen molar-refractivity contribution in [1.82, 2.24) is 9.88 Å². The highest BCUT2D eigenvalue weighted by molar-refractivity contribution is 6.22. The quantitative estimate of drug-likeness (QED) is 0.604. The van der Waals surface area contributed by atoms with Crippen LogP contribution in [0.25, 0.3) is 0 Å². The van der Waals surface area contributed by atoms with Gasteiger partial charge < -0.3 is 4.74 Å². The number of aromatic nitrogens is 1. The molecule has 1 aromatic heterocycles. The van der Waals surface area contributed by atoms with E-state index in [0.29, 0.717) is 0 Å². The van der Waals surface area contributed by atoms with Crippen molar-refractivity contribution in [2.75, 3.05) is 7.11 Å². The van der Waals surface area contributed by atoms with Crippen LogP contribution in [0.4, 0.5) is 13.2 Å². The Morgan fingerprint density at radius 3 is 2.26 bits per heavy atom. The van der Waals surface area contributed by atoms with Gasteiger partial charge in [-0.25, -0.2) is 4.79 Å². The van der Waals surface area contributed by atoms with Gasteiger partial charge in [-0.2, -0.15) is 13.2 Å². The Bertz CT molecular complexity index is 892. The Hall–Kier alpha value is -3.23. The minimum atomic E-state index is -4.66. The van der Waals surface area contributed by atoms with Crippen LogP contribution in [-0.4, -0.2) is 40.8 Å². The van der Waals surface area contributed by atoms with E-state index in [2.05, 4.69) is 9.72 Å². The SMILES string of the molecule is COC(=O)[C@H](Cc1ccnc(C(F)(F)F)c1)N1C(=O)c2ccccc2C1=O. The van der Waals surface area contributed by atoms with Crippen LogP contribution in [0.2, 0.25) is 0 Å². The maximum atomic E-state index is 12.9. The molecule has 1 aromatic carbocycles. The van der Waals surface area contributed by atoms with Gasteiger partial charge in [0.15, 0.2) is 0 Å². The lowest BCUT2D eigenvalue weighted by molar-refractivity contribution is -0.145. The lowest BCUT2D eigenvalue weighted by atomic mass is 10.0. The third-order valence-electron chi connectivity index (χ3n) is 4.15. The number of hydrogen-bond acceptors (Lipinski definition) is 5. The van der Waals surface area contributed by atoms with Gasteiger partial charge in [0.05, 0.1) is 18.2 Å². The number of imide groups is 1. The van der Waals surface area contributed by atoms with Crippen molar-refractivity contribution in [2.24, 2.45) is 0 Å². The number of amides is 2. The topological polar surface area (TPSA) is 76.6 Å². The van der Waals surface area contributed by atoms with Crippen molar-refractivity contribution in [3.05, 3.63) is 65.0 Å². The molecule has 0 radical (unpaired) electrons. The van der Waals surface area contributed by atoms with Gasteiger partial charge >= 0.3 is 12.1 Å². The van der Waals surface area contributed by atoms with Gasteiger partial charge in [0.2, 0.25) is 0 Å². The van der Waals surface area contributed by atoms with Gasteiger partial charge in [0, 0.05) is 12.6 Å². The molecular weight excluding hydrogens is 365 g/mol. The maximum Gasteiger partial charge on any atom is 0.433 e. The molecule has 6 nitrogen and oxygen atoms in total. The molecule has 9 heteroatoms. The Balaban J connectivity index is 1.96. The Morgan fingerprint density at radius 1 is 1.15 bits per heavy atom. The first-order valence-corrected chi connectivity index (χ1v) is 7.81. The molecule has 0 N–H and O–H groups in total. The monoisotopic (exact) mass is 378 g/mol. The van der Waals surface area contributed by atoms with Crippen LogP contribution in [0.1, 0.15) is 32.0 Å². The van der Waals surface area contributed by atoms with Crippen molar-refractivity contribution >= 4 is 17.8 Å². The Labute approximate surface area is 151 Å². The van der Waals surface area contributed by atoms with Gasteiger partial charge in [-0.1, -0.05) is 12.1 Å². The number of benzene rings is 1. The molecule has 0 bridgehead atoms. The number of rotatable bonds is 4. The third kappa shape index (κ3) is 3.40. The zero-order chi connectivity index (χ0) is 19.8. The minimum absolute atomic E-state index is 0.0873. The molecule has 0 unspecified atom stereocenters. The molecule has 2 heterocycles. The van der Waals surface area contributed by atoms with E-state index in [-0.39, 0.29) is 23.1 Å². The number of carbonyl (C=O) groups excluding carboxylic acids is 3. The van der Waals surface area contributed by atoms with Crippen molar-refractivity contribution in [3.8, 4) is 0 Å². The number of fused-ring (bicyclic) bond motifs is 1. The molecule has 1 atom stereocenters. The second-order valence-corrected chi connectivity index (χ2v) is 5.82. The summed E-state index contributed by atoms with van der Waals surface area (Å²) in [6.07, 6.45) is -4.04. The minimum Gasteiger partial charge on any atom is -0.467 e. The van der Waals surface area contributed by atoms with Crippen molar-refractivity contribution in [3.63, 3.8) is 0 Å². The first-order chi connectivity index (χ1) is 12.7. The van der Waals surface area contributed by atoms with E-state index in [1.807, 2.05) is 0 Å². The highest BCUT2D eigenvalue weighted by Gasteiger charge is 2.43. The number of alkyl halides is 3. The van der Waals surface area contributed by atoms with E-state index >= 15 is 0 Å². The Morgan fingerprint density at radius 2 is 1.74 bits per heavy atom. The fourth-order valence-corrected chi connectivity index (χ4v) is 2.89. The molecule has 27 heavy (non-hydrogen) atoms. The molecule has 1 aliphatic rings. The zero-order valence-corrected chi connectivity index (χ0v) is 14.0. The largest absolute Gasteiger partial charge is 0.467 e. The van der Waals surface area contributed by atoms with Crippen LogP contribution >= 0.6 is 0 Å². The first-order valence-electron chi connectivity index (χ1n) is 7.81. The van der Waals surface area contributed by atoms with E-state index in [1.165, 1.54) is 18.2 Å². The van der Waals surface area contributed by atoms with Crippen molar-refractivity contribution in [2.45, 2.75) is 18.6 Å². The maximum absolute atomic E-state index is 12.9. The molecule has 0 saturated carbocycles. The second kappa shape index (κ2) is 6.82. The van der Waals surface area contributed by atoms with Crippen LogP contribution in [0.5, 0.6) is 0 Å². The molecule has 140 valence electrons. The molecule has 3 rings (SSSR count). The summed E-state index contributed by atoms with van der Waals surface area (Å²) >= 11 is 0. The van der Waals surface area contributed by atoms with E-state index in [0.717, 1.165) is 24.3 Å². The predicted molar refractivity (Wildman–Crippen MR) is 85.7 cm³/mol. The zero-order valence-electron chi connectivity index (χ0n) is 14.0. The fourth-order valence-electron chi connectivity index (χ4n) is 2.89.